The zero-order chi connectivity index (χ0) is 13.7. The highest BCUT2D eigenvalue weighted by molar-refractivity contribution is 7.99. The van der Waals surface area contributed by atoms with E-state index < -0.39 is 0 Å². The van der Waals surface area contributed by atoms with Crippen LogP contribution in [0, 0.1) is 13.8 Å². The fourth-order valence-electron chi connectivity index (χ4n) is 2.32. The number of nitrogens with zero attached hydrogens (tertiary/aromatic N) is 5. The molecule has 0 radical (unpaired) electrons. The maximum Gasteiger partial charge on any atom is 0.276 e. The summed E-state index contributed by atoms with van der Waals surface area (Å²) >= 11 is 1.73. The van der Waals surface area contributed by atoms with Crippen molar-refractivity contribution < 1.29 is 9.05 Å². The maximum absolute atomic E-state index is 5.37. The molecular weight excluding hydrogens is 278 g/mol. The van der Waals surface area contributed by atoms with Crippen LogP contribution in [0.3, 0.4) is 0 Å². The summed E-state index contributed by atoms with van der Waals surface area (Å²) < 4.78 is 12.6. The van der Waals surface area contributed by atoms with Crippen molar-refractivity contribution in [2.75, 3.05) is 5.75 Å². The van der Waals surface area contributed by atoms with E-state index >= 15 is 0 Å². The lowest BCUT2D eigenvalue weighted by Gasteiger charge is -1.97. The maximum atomic E-state index is 5.37. The summed E-state index contributed by atoms with van der Waals surface area (Å²) in [5, 5.41) is 8.93. The molecule has 4 rings (SSSR count). The zero-order valence-electron chi connectivity index (χ0n) is 11.0. The third-order valence-electron chi connectivity index (χ3n) is 3.27. The second-order valence-electron chi connectivity index (χ2n) is 4.55. The van der Waals surface area contributed by atoms with E-state index in [1.54, 1.807) is 18.0 Å². The van der Waals surface area contributed by atoms with Crippen molar-refractivity contribution in [3.63, 3.8) is 0 Å². The van der Waals surface area contributed by atoms with Gasteiger partial charge in [-0.2, -0.15) is 4.98 Å². The van der Waals surface area contributed by atoms with Crippen molar-refractivity contribution >= 4 is 11.8 Å². The third kappa shape index (κ3) is 1.61. The molecule has 4 heterocycles. The van der Waals surface area contributed by atoms with Gasteiger partial charge in [-0.15, -0.1) is 0 Å². The number of imidazole rings is 1. The van der Waals surface area contributed by atoms with Gasteiger partial charge in [-0.3, -0.25) is 0 Å². The monoisotopic (exact) mass is 289 g/mol. The summed E-state index contributed by atoms with van der Waals surface area (Å²) in [7, 11) is 0. The van der Waals surface area contributed by atoms with Gasteiger partial charge in [0.25, 0.3) is 5.89 Å². The molecule has 102 valence electrons. The second kappa shape index (κ2) is 4.20. The van der Waals surface area contributed by atoms with Gasteiger partial charge in [0, 0.05) is 12.3 Å². The first-order valence-corrected chi connectivity index (χ1v) is 7.18. The van der Waals surface area contributed by atoms with Crippen molar-refractivity contribution in [1.29, 1.82) is 0 Å². The van der Waals surface area contributed by atoms with Gasteiger partial charge in [0.15, 0.2) is 5.16 Å². The first-order valence-electron chi connectivity index (χ1n) is 6.19. The molecule has 0 saturated carbocycles. The van der Waals surface area contributed by atoms with Gasteiger partial charge in [0.1, 0.15) is 11.5 Å². The number of hydrogen-bond acceptors (Lipinski definition) is 7. The fourth-order valence-corrected chi connectivity index (χ4v) is 3.25. The summed E-state index contributed by atoms with van der Waals surface area (Å²) in [4.78, 5) is 8.79. The van der Waals surface area contributed by atoms with Crippen LogP contribution in [0.4, 0.5) is 0 Å². The predicted octanol–water partition coefficient (Wildman–Crippen LogP) is 2.31. The van der Waals surface area contributed by atoms with Crippen LogP contribution < -0.4 is 0 Å². The Morgan fingerprint density at radius 2 is 2.15 bits per heavy atom. The topological polar surface area (TPSA) is 82.8 Å². The van der Waals surface area contributed by atoms with Gasteiger partial charge in [0.05, 0.1) is 17.5 Å². The van der Waals surface area contributed by atoms with Gasteiger partial charge in [-0.05, 0) is 13.8 Å². The molecule has 1 aliphatic rings. The molecule has 0 spiro atoms. The molecular formula is C12H11N5O2S. The van der Waals surface area contributed by atoms with Gasteiger partial charge in [-0.1, -0.05) is 22.1 Å². The molecule has 3 aromatic rings. The Bertz CT molecular complexity index is 768. The predicted molar refractivity (Wildman–Crippen MR) is 71.2 cm³/mol. The minimum atomic E-state index is 0.473. The third-order valence-corrected chi connectivity index (χ3v) is 4.24. The number of fused-ring (bicyclic) bond motifs is 1. The van der Waals surface area contributed by atoms with E-state index in [2.05, 4.69) is 24.8 Å². The summed E-state index contributed by atoms with van der Waals surface area (Å²) in [6, 6.07) is 0. The van der Waals surface area contributed by atoms with Crippen molar-refractivity contribution in [3.05, 3.63) is 17.7 Å². The zero-order valence-corrected chi connectivity index (χ0v) is 11.8. The molecule has 0 amide bonds. The molecule has 0 N–H and O–H groups in total. The van der Waals surface area contributed by atoms with Crippen LogP contribution in [-0.2, 0) is 6.54 Å². The lowest BCUT2D eigenvalue weighted by Crippen LogP contribution is -1.96. The minimum Gasteiger partial charge on any atom is -0.361 e. The van der Waals surface area contributed by atoms with Crippen LogP contribution in [0.2, 0.25) is 0 Å². The Kier molecular flexibility index (Phi) is 2.46. The van der Waals surface area contributed by atoms with Crippen LogP contribution in [0.25, 0.3) is 23.0 Å². The lowest BCUT2D eigenvalue weighted by molar-refractivity contribution is 0.393. The Morgan fingerprint density at radius 3 is 2.95 bits per heavy atom. The van der Waals surface area contributed by atoms with E-state index in [1.165, 1.54) is 0 Å². The largest absolute Gasteiger partial charge is 0.361 e. The molecule has 1 aliphatic heterocycles. The molecule has 8 heteroatoms. The quantitative estimate of drug-likeness (QED) is 0.715. The molecule has 0 atom stereocenters. The van der Waals surface area contributed by atoms with E-state index in [1.807, 2.05) is 13.8 Å². The van der Waals surface area contributed by atoms with Crippen molar-refractivity contribution in [2.24, 2.45) is 0 Å². The molecule has 0 bridgehead atoms. The first-order chi connectivity index (χ1) is 9.74. The van der Waals surface area contributed by atoms with Crippen molar-refractivity contribution in [2.45, 2.75) is 25.5 Å². The Labute approximate surface area is 118 Å². The van der Waals surface area contributed by atoms with Gasteiger partial charge >= 0.3 is 0 Å². The smallest absolute Gasteiger partial charge is 0.276 e. The van der Waals surface area contributed by atoms with Crippen LogP contribution >= 0.6 is 11.8 Å². The summed E-state index contributed by atoms with van der Waals surface area (Å²) in [6.45, 7) is 4.60. The van der Waals surface area contributed by atoms with E-state index in [0.717, 1.165) is 34.4 Å². The summed E-state index contributed by atoms with van der Waals surface area (Å²) in [5.41, 5.74) is 2.40. The Hall–Kier alpha value is -2.09. The molecule has 0 aromatic carbocycles. The van der Waals surface area contributed by atoms with Crippen molar-refractivity contribution in [1.82, 2.24) is 24.8 Å². The molecule has 0 unspecified atom stereocenters. The van der Waals surface area contributed by atoms with E-state index in [0.29, 0.717) is 17.5 Å². The van der Waals surface area contributed by atoms with Crippen LogP contribution in [0.1, 0.15) is 11.5 Å². The summed E-state index contributed by atoms with van der Waals surface area (Å²) in [6.07, 6.45) is 1.77. The standard InChI is InChI=1S/C12H11N5O2S/c1-6-9(7(2)18-15-6)10-14-11(19-16-10)8-5-13-12-17(8)3-4-20-12/h5H,3-4H2,1-2H3. The first kappa shape index (κ1) is 11.7. The molecule has 7 nitrogen and oxygen atoms in total. The Balaban J connectivity index is 1.79. The van der Waals surface area contributed by atoms with Gasteiger partial charge < -0.3 is 13.6 Å². The van der Waals surface area contributed by atoms with Gasteiger partial charge in [-0.25, -0.2) is 4.98 Å². The number of rotatable bonds is 2. The second-order valence-corrected chi connectivity index (χ2v) is 5.61. The fraction of sp³-hybridized carbons (Fsp3) is 0.333. The number of aromatic nitrogens is 5. The molecule has 0 aliphatic carbocycles. The Morgan fingerprint density at radius 1 is 1.25 bits per heavy atom. The number of hydrogen-bond donors (Lipinski definition) is 0. The minimum absolute atomic E-state index is 0.473. The highest BCUT2D eigenvalue weighted by Gasteiger charge is 2.23. The van der Waals surface area contributed by atoms with E-state index in [4.69, 9.17) is 9.05 Å². The van der Waals surface area contributed by atoms with Crippen LogP contribution in [0.15, 0.2) is 20.4 Å². The van der Waals surface area contributed by atoms with Gasteiger partial charge in [0.2, 0.25) is 5.82 Å². The SMILES string of the molecule is Cc1noc(C)c1-c1noc(-c2cnc3n2CCS3)n1. The normalized spacial score (nSPS) is 13.9. The van der Waals surface area contributed by atoms with E-state index in [9.17, 15) is 0 Å². The average molecular weight is 289 g/mol. The van der Waals surface area contributed by atoms with Crippen molar-refractivity contribution in [3.8, 4) is 23.0 Å². The molecule has 0 saturated heterocycles. The average Bonchev–Trinajstić information content (AvgIpc) is 3.13. The lowest BCUT2D eigenvalue weighted by atomic mass is 10.2. The number of thioether (sulfide) groups is 1. The number of aryl methyl sites for hydroxylation is 2. The van der Waals surface area contributed by atoms with E-state index in [-0.39, 0.29) is 0 Å². The molecule has 3 aromatic heterocycles. The van der Waals surface area contributed by atoms with Crippen LogP contribution in [0.5, 0.6) is 0 Å². The highest BCUT2D eigenvalue weighted by atomic mass is 32.2. The molecule has 0 fully saturated rings. The summed E-state index contributed by atoms with van der Waals surface area (Å²) in [5.74, 6) is 2.68. The highest BCUT2D eigenvalue weighted by Crippen LogP contribution is 2.32. The van der Waals surface area contributed by atoms with Crippen LogP contribution in [-0.4, -0.2) is 30.6 Å². The molecule has 20 heavy (non-hydrogen) atoms.